The zero-order valence-electron chi connectivity index (χ0n) is 15.1. The highest BCUT2D eigenvalue weighted by molar-refractivity contribution is 5.94. The lowest BCUT2D eigenvalue weighted by atomic mass is 10.1. The van der Waals surface area contributed by atoms with Gasteiger partial charge >= 0.3 is 0 Å². The number of hydrogen-bond donors (Lipinski definition) is 1. The Balaban J connectivity index is 1.48. The molecule has 0 spiro atoms. The maximum Gasteiger partial charge on any atom is 0.241 e. The lowest BCUT2D eigenvalue weighted by molar-refractivity contribution is -0.121. The van der Waals surface area contributed by atoms with Crippen molar-refractivity contribution in [2.24, 2.45) is 0 Å². The van der Waals surface area contributed by atoms with Crippen LogP contribution in [0, 0.1) is 6.92 Å². The van der Waals surface area contributed by atoms with Crippen LogP contribution in [-0.2, 0) is 11.3 Å². The molecule has 1 aliphatic rings. The first-order valence-electron chi connectivity index (χ1n) is 9.00. The number of nitrogens with zero attached hydrogens (tertiary/aromatic N) is 2. The highest BCUT2D eigenvalue weighted by Crippen LogP contribution is 2.13. The molecule has 0 unspecified atom stereocenters. The molecule has 2 aromatic rings. The molecule has 1 fully saturated rings. The zero-order chi connectivity index (χ0) is 17.6. The van der Waals surface area contributed by atoms with Gasteiger partial charge in [0.1, 0.15) is 0 Å². The van der Waals surface area contributed by atoms with Gasteiger partial charge in [0.2, 0.25) is 5.91 Å². The Morgan fingerprint density at radius 3 is 2.44 bits per heavy atom. The van der Waals surface area contributed by atoms with E-state index in [1.807, 2.05) is 37.3 Å². The molecule has 1 heterocycles. The van der Waals surface area contributed by atoms with Crippen molar-refractivity contribution in [3.05, 3.63) is 65.7 Å². The molecule has 0 bridgehead atoms. The fourth-order valence-electron chi connectivity index (χ4n) is 3.31. The Morgan fingerprint density at radius 2 is 1.76 bits per heavy atom. The molecule has 1 amide bonds. The number of para-hydroxylation sites is 1. The molecule has 1 aliphatic heterocycles. The number of aryl methyl sites for hydroxylation is 1. The SMILES string of the molecule is Cc1cccc(CN2CCN([C@@H](C)C(=O)Nc3ccccc3)CC2)c1. The summed E-state index contributed by atoms with van der Waals surface area (Å²) in [6.07, 6.45) is 0. The van der Waals surface area contributed by atoms with Crippen LogP contribution >= 0.6 is 0 Å². The first kappa shape index (κ1) is 17.6. The van der Waals surface area contributed by atoms with Gasteiger partial charge in [0, 0.05) is 38.4 Å². The smallest absolute Gasteiger partial charge is 0.241 e. The first-order valence-corrected chi connectivity index (χ1v) is 9.00. The Kier molecular flexibility index (Phi) is 5.84. The molecule has 4 heteroatoms. The number of carbonyl (C=O) groups is 1. The van der Waals surface area contributed by atoms with Crippen molar-refractivity contribution < 1.29 is 4.79 Å². The largest absolute Gasteiger partial charge is 0.325 e. The first-order chi connectivity index (χ1) is 12.1. The third-order valence-corrected chi connectivity index (χ3v) is 4.86. The predicted molar refractivity (Wildman–Crippen MR) is 103 cm³/mol. The minimum absolute atomic E-state index is 0.0679. The summed E-state index contributed by atoms with van der Waals surface area (Å²) in [5.41, 5.74) is 3.53. The summed E-state index contributed by atoms with van der Waals surface area (Å²) in [5.74, 6) is 0.0679. The number of amides is 1. The molecule has 1 atom stereocenters. The van der Waals surface area contributed by atoms with Crippen molar-refractivity contribution in [1.82, 2.24) is 9.80 Å². The molecular formula is C21H27N3O. The van der Waals surface area contributed by atoms with Gasteiger partial charge in [-0.15, -0.1) is 0 Å². The average molecular weight is 337 g/mol. The molecule has 4 nitrogen and oxygen atoms in total. The third-order valence-electron chi connectivity index (χ3n) is 4.86. The summed E-state index contributed by atoms with van der Waals surface area (Å²) in [4.78, 5) is 17.2. The summed E-state index contributed by atoms with van der Waals surface area (Å²) in [6, 6.07) is 18.3. The van der Waals surface area contributed by atoms with E-state index in [0.29, 0.717) is 0 Å². The monoisotopic (exact) mass is 337 g/mol. The summed E-state index contributed by atoms with van der Waals surface area (Å²) >= 11 is 0. The van der Waals surface area contributed by atoms with Gasteiger partial charge in [-0.3, -0.25) is 14.6 Å². The molecule has 3 rings (SSSR count). The van der Waals surface area contributed by atoms with Crippen molar-refractivity contribution in [2.45, 2.75) is 26.4 Å². The van der Waals surface area contributed by atoms with Crippen LogP contribution in [0.1, 0.15) is 18.1 Å². The fourth-order valence-corrected chi connectivity index (χ4v) is 3.31. The number of nitrogens with one attached hydrogen (secondary N) is 1. The van der Waals surface area contributed by atoms with Crippen LogP contribution in [0.25, 0.3) is 0 Å². The summed E-state index contributed by atoms with van der Waals surface area (Å²) in [6.45, 7) is 8.96. The molecule has 1 N–H and O–H groups in total. The molecule has 0 saturated carbocycles. The standard InChI is InChI=1S/C21H27N3O/c1-17-7-6-8-19(15-17)16-23-11-13-24(14-12-23)18(2)21(25)22-20-9-4-3-5-10-20/h3-10,15,18H,11-14,16H2,1-2H3,(H,22,25)/t18-/m0/s1. The number of benzene rings is 2. The average Bonchev–Trinajstić information content (AvgIpc) is 2.62. The second kappa shape index (κ2) is 8.28. The van der Waals surface area contributed by atoms with E-state index in [9.17, 15) is 4.79 Å². The Labute approximate surface area is 150 Å². The van der Waals surface area contributed by atoms with E-state index in [0.717, 1.165) is 38.4 Å². The number of carbonyl (C=O) groups excluding carboxylic acids is 1. The van der Waals surface area contributed by atoms with E-state index in [4.69, 9.17) is 0 Å². The van der Waals surface area contributed by atoms with E-state index >= 15 is 0 Å². The van der Waals surface area contributed by atoms with Gasteiger partial charge in [-0.2, -0.15) is 0 Å². The van der Waals surface area contributed by atoms with Crippen molar-refractivity contribution >= 4 is 11.6 Å². The van der Waals surface area contributed by atoms with Crippen molar-refractivity contribution in [3.8, 4) is 0 Å². The van der Waals surface area contributed by atoms with Crippen LogP contribution in [0.15, 0.2) is 54.6 Å². The Morgan fingerprint density at radius 1 is 1.04 bits per heavy atom. The van der Waals surface area contributed by atoms with Crippen molar-refractivity contribution in [3.63, 3.8) is 0 Å². The lowest BCUT2D eigenvalue weighted by Crippen LogP contribution is -2.52. The van der Waals surface area contributed by atoms with Crippen LogP contribution < -0.4 is 5.32 Å². The second-order valence-corrected chi connectivity index (χ2v) is 6.83. The summed E-state index contributed by atoms with van der Waals surface area (Å²) < 4.78 is 0. The van der Waals surface area contributed by atoms with E-state index in [1.165, 1.54) is 11.1 Å². The fraction of sp³-hybridized carbons (Fsp3) is 0.381. The van der Waals surface area contributed by atoms with E-state index in [2.05, 4.69) is 46.3 Å². The van der Waals surface area contributed by atoms with Crippen molar-refractivity contribution in [2.75, 3.05) is 31.5 Å². The third kappa shape index (κ3) is 4.91. The summed E-state index contributed by atoms with van der Waals surface area (Å²) in [7, 11) is 0. The van der Waals surface area contributed by atoms with E-state index < -0.39 is 0 Å². The normalized spacial score (nSPS) is 17.2. The van der Waals surface area contributed by atoms with E-state index in [-0.39, 0.29) is 11.9 Å². The molecule has 0 aromatic heterocycles. The van der Waals surface area contributed by atoms with Crippen LogP contribution in [-0.4, -0.2) is 47.9 Å². The predicted octanol–water partition coefficient (Wildman–Crippen LogP) is 3.14. The van der Waals surface area contributed by atoms with Gasteiger partial charge in [0.25, 0.3) is 0 Å². The van der Waals surface area contributed by atoms with Crippen LogP contribution in [0.2, 0.25) is 0 Å². The molecule has 0 aliphatic carbocycles. The van der Waals surface area contributed by atoms with Crippen LogP contribution in [0.5, 0.6) is 0 Å². The maximum absolute atomic E-state index is 12.5. The maximum atomic E-state index is 12.5. The van der Waals surface area contributed by atoms with Crippen molar-refractivity contribution in [1.29, 1.82) is 0 Å². The minimum Gasteiger partial charge on any atom is -0.325 e. The number of anilines is 1. The Hall–Kier alpha value is -2.17. The molecule has 25 heavy (non-hydrogen) atoms. The number of hydrogen-bond acceptors (Lipinski definition) is 3. The van der Waals surface area contributed by atoms with Gasteiger partial charge < -0.3 is 5.32 Å². The minimum atomic E-state index is -0.110. The van der Waals surface area contributed by atoms with Crippen LogP contribution in [0.4, 0.5) is 5.69 Å². The number of piperazine rings is 1. The van der Waals surface area contributed by atoms with Gasteiger partial charge in [0.15, 0.2) is 0 Å². The highest BCUT2D eigenvalue weighted by atomic mass is 16.2. The topological polar surface area (TPSA) is 35.6 Å². The van der Waals surface area contributed by atoms with Crippen LogP contribution in [0.3, 0.4) is 0 Å². The zero-order valence-corrected chi connectivity index (χ0v) is 15.1. The lowest BCUT2D eigenvalue weighted by Gasteiger charge is -2.37. The molecular weight excluding hydrogens is 310 g/mol. The van der Waals surface area contributed by atoms with Gasteiger partial charge in [-0.05, 0) is 31.5 Å². The van der Waals surface area contributed by atoms with Gasteiger partial charge in [0.05, 0.1) is 6.04 Å². The van der Waals surface area contributed by atoms with Gasteiger partial charge in [-0.25, -0.2) is 0 Å². The molecule has 132 valence electrons. The summed E-state index contributed by atoms with van der Waals surface area (Å²) in [5, 5.41) is 3.00. The van der Waals surface area contributed by atoms with Gasteiger partial charge in [-0.1, -0.05) is 48.0 Å². The number of rotatable bonds is 5. The van der Waals surface area contributed by atoms with E-state index in [1.54, 1.807) is 0 Å². The molecule has 1 saturated heterocycles. The molecule has 2 aromatic carbocycles. The Bertz CT molecular complexity index is 693. The molecule has 0 radical (unpaired) electrons. The quantitative estimate of drug-likeness (QED) is 0.910. The highest BCUT2D eigenvalue weighted by Gasteiger charge is 2.25. The second-order valence-electron chi connectivity index (χ2n) is 6.83.